The molecule has 2 aliphatic rings. The predicted molar refractivity (Wildman–Crippen MR) is 83.4 cm³/mol. The first-order valence-corrected chi connectivity index (χ1v) is 8.46. The Kier molecular flexibility index (Phi) is 4.79. The summed E-state index contributed by atoms with van der Waals surface area (Å²) in [6.45, 7) is 5.34. The van der Waals surface area contributed by atoms with Gasteiger partial charge in [0.15, 0.2) is 0 Å². The molecular formula is C18H26FNO. The molecule has 1 saturated heterocycles. The van der Waals surface area contributed by atoms with E-state index in [1.807, 2.05) is 6.07 Å². The minimum absolute atomic E-state index is 0.0554. The standard InChI is InChI=1S/C18H26FNO/c1-2-11-20-12-4-3-6-14(20)13-21-18-10-9-17(19)15-7-5-8-16(15)18/h9-10,14H,2-8,11-13H2,1H3. The molecule has 21 heavy (non-hydrogen) atoms. The Balaban J connectivity index is 1.66. The summed E-state index contributed by atoms with van der Waals surface area (Å²) in [7, 11) is 0. The number of likely N-dealkylation sites (tertiary alicyclic amines) is 1. The Labute approximate surface area is 127 Å². The van der Waals surface area contributed by atoms with Crippen LogP contribution in [0, 0.1) is 5.82 Å². The fourth-order valence-corrected chi connectivity index (χ4v) is 3.78. The van der Waals surface area contributed by atoms with Gasteiger partial charge < -0.3 is 4.74 Å². The van der Waals surface area contributed by atoms with Gasteiger partial charge in [0.25, 0.3) is 0 Å². The van der Waals surface area contributed by atoms with E-state index in [0.29, 0.717) is 6.04 Å². The molecule has 0 bridgehead atoms. The molecule has 1 aliphatic heterocycles. The van der Waals surface area contributed by atoms with Crippen LogP contribution in [-0.2, 0) is 12.8 Å². The molecule has 1 unspecified atom stereocenters. The van der Waals surface area contributed by atoms with Crippen molar-refractivity contribution in [3.05, 3.63) is 29.1 Å². The molecule has 1 aliphatic carbocycles. The zero-order valence-electron chi connectivity index (χ0n) is 13.0. The Hall–Kier alpha value is -1.09. The first-order chi connectivity index (χ1) is 10.3. The Morgan fingerprint density at radius 1 is 1.19 bits per heavy atom. The van der Waals surface area contributed by atoms with Crippen molar-refractivity contribution in [2.45, 2.75) is 57.9 Å². The van der Waals surface area contributed by atoms with Gasteiger partial charge in [-0.05, 0) is 69.3 Å². The van der Waals surface area contributed by atoms with Gasteiger partial charge in [-0.2, -0.15) is 0 Å². The molecule has 1 fully saturated rings. The quantitative estimate of drug-likeness (QED) is 0.814. The first kappa shape index (κ1) is 14.8. The average molecular weight is 291 g/mol. The molecule has 0 spiro atoms. The molecule has 1 aromatic carbocycles. The van der Waals surface area contributed by atoms with Crippen LogP contribution in [0.15, 0.2) is 12.1 Å². The van der Waals surface area contributed by atoms with E-state index in [4.69, 9.17) is 4.74 Å². The lowest BCUT2D eigenvalue weighted by Crippen LogP contribution is -2.43. The van der Waals surface area contributed by atoms with Gasteiger partial charge in [-0.15, -0.1) is 0 Å². The minimum Gasteiger partial charge on any atom is -0.492 e. The van der Waals surface area contributed by atoms with E-state index in [1.165, 1.54) is 32.2 Å². The van der Waals surface area contributed by atoms with Crippen molar-refractivity contribution in [3.8, 4) is 5.75 Å². The summed E-state index contributed by atoms with van der Waals surface area (Å²) in [6.07, 6.45) is 7.91. The fraction of sp³-hybridized carbons (Fsp3) is 0.667. The normalized spacial score (nSPS) is 22.3. The van der Waals surface area contributed by atoms with Crippen molar-refractivity contribution >= 4 is 0 Å². The van der Waals surface area contributed by atoms with Crippen LogP contribution in [0.3, 0.4) is 0 Å². The average Bonchev–Trinajstić information content (AvgIpc) is 2.99. The van der Waals surface area contributed by atoms with Gasteiger partial charge in [0, 0.05) is 11.6 Å². The first-order valence-electron chi connectivity index (χ1n) is 8.46. The van der Waals surface area contributed by atoms with Crippen molar-refractivity contribution in [1.29, 1.82) is 0 Å². The smallest absolute Gasteiger partial charge is 0.126 e. The summed E-state index contributed by atoms with van der Waals surface area (Å²) in [5.74, 6) is 0.867. The molecule has 0 N–H and O–H groups in total. The second kappa shape index (κ2) is 6.78. The van der Waals surface area contributed by atoms with Gasteiger partial charge in [0.05, 0.1) is 0 Å². The van der Waals surface area contributed by atoms with Crippen LogP contribution in [-0.4, -0.2) is 30.6 Å². The second-order valence-corrected chi connectivity index (χ2v) is 6.35. The largest absolute Gasteiger partial charge is 0.492 e. The molecule has 1 atom stereocenters. The number of halogens is 1. The van der Waals surface area contributed by atoms with E-state index >= 15 is 0 Å². The van der Waals surface area contributed by atoms with Gasteiger partial charge in [0.2, 0.25) is 0 Å². The number of benzene rings is 1. The van der Waals surface area contributed by atoms with E-state index < -0.39 is 0 Å². The van der Waals surface area contributed by atoms with Crippen LogP contribution in [0.25, 0.3) is 0 Å². The molecule has 3 rings (SSSR count). The molecule has 3 heteroatoms. The van der Waals surface area contributed by atoms with Crippen molar-refractivity contribution in [1.82, 2.24) is 4.90 Å². The maximum Gasteiger partial charge on any atom is 0.126 e. The molecular weight excluding hydrogens is 265 g/mol. The van der Waals surface area contributed by atoms with E-state index in [0.717, 1.165) is 49.3 Å². The minimum atomic E-state index is -0.0554. The van der Waals surface area contributed by atoms with E-state index in [-0.39, 0.29) is 5.82 Å². The van der Waals surface area contributed by atoms with Gasteiger partial charge >= 0.3 is 0 Å². The summed E-state index contributed by atoms with van der Waals surface area (Å²) in [4.78, 5) is 2.56. The third-order valence-electron chi connectivity index (χ3n) is 4.88. The lowest BCUT2D eigenvalue weighted by atomic mass is 10.0. The van der Waals surface area contributed by atoms with Crippen molar-refractivity contribution in [2.24, 2.45) is 0 Å². The van der Waals surface area contributed by atoms with Gasteiger partial charge in [0.1, 0.15) is 18.2 Å². The number of rotatable bonds is 5. The SMILES string of the molecule is CCCN1CCCCC1COc1ccc(F)c2c1CCC2. The highest BCUT2D eigenvalue weighted by atomic mass is 19.1. The zero-order valence-corrected chi connectivity index (χ0v) is 13.0. The highest BCUT2D eigenvalue weighted by Gasteiger charge is 2.24. The molecule has 1 heterocycles. The maximum absolute atomic E-state index is 13.8. The maximum atomic E-state index is 13.8. The predicted octanol–water partition coefficient (Wildman–Crippen LogP) is 3.96. The van der Waals surface area contributed by atoms with Crippen LogP contribution in [0.1, 0.15) is 50.2 Å². The van der Waals surface area contributed by atoms with Crippen molar-refractivity contribution in [3.63, 3.8) is 0 Å². The van der Waals surface area contributed by atoms with E-state index in [9.17, 15) is 4.39 Å². The molecule has 2 nitrogen and oxygen atoms in total. The highest BCUT2D eigenvalue weighted by molar-refractivity contribution is 5.44. The number of ether oxygens (including phenoxy) is 1. The third-order valence-corrected chi connectivity index (χ3v) is 4.88. The fourth-order valence-electron chi connectivity index (χ4n) is 3.78. The van der Waals surface area contributed by atoms with Crippen LogP contribution in [0.2, 0.25) is 0 Å². The lowest BCUT2D eigenvalue weighted by Gasteiger charge is -2.35. The zero-order chi connectivity index (χ0) is 14.7. The molecule has 0 radical (unpaired) electrons. The number of hydrogen-bond acceptors (Lipinski definition) is 2. The van der Waals surface area contributed by atoms with Gasteiger partial charge in [-0.25, -0.2) is 4.39 Å². The summed E-state index contributed by atoms with van der Waals surface area (Å²) >= 11 is 0. The summed E-state index contributed by atoms with van der Waals surface area (Å²) in [5.41, 5.74) is 2.01. The number of piperidine rings is 1. The number of nitrogens with zero attached hydrogens (tertiary/aromatic N) is 1. The van der Waals surface area contributed by atoms with Crippen LogP contribution in [0.4, 0.5) is 4.39 Å². The molecule has 116 valence electrons. The monoisotopic (exact) mass is 291 g/mol. The Bertz CT molecular complexity index is 486. The Morgan fingerprint density at radius 3 is 2.90 bits per heavy atom. The van der Waals surface area contributed by atoms with E-state index in [2.05, 4.69) is 11.8 Å². The van der Waals surface area contributed by atoms with Crippen LogP contribution in [0.5, 0.6) is 5.75 Å². The molecule has 0 saturated carbocycles. The van der Waals surface area contributed by atoms with Gasteiger partial charge in [-0.3, -0.25) is 4.90 Å². The molecule has 0 amide bonds. The summed E-state index contributed by atoms with van der Waals surface area (Å²) in [5, 5.41) is 0. The summed E-state index contributed by atoms with van der Waals surface area (Å²) in [6, 6.07) is 3.93. The highest BCUT2D eigenvalue weighted by Crippen LogP contribution is 2.33. The van der Waals surface area contributed by atoms with Gasteiger partial charge in [-0.1, -0.05) is 13.3 Å². The second-order valence-electron chi connectivity index (χ2n) is 6.35. The lowest BCUT2D eigenvalue weighted by molar-refractivity contribution is 0.0995. The van der Waals surface area contributed by atoms with Crippen molar-refractivity contribution < 1.29 is 9.13 Å². The summed E-state index contributed by atoms with van der Waals surface area (Å²) < 4.78 is 19.9. The van der Waals surface area contributed by atoms with Crippen LogP contribution < -0.4 is 4.74 Å². The topological polar surface area (TPSA) is 12.5 Å². The van der Waals surface area contributed by atoms with E-state index in [1.54, 1.807) is 6.07 Å². The number of hydrogen-bond donors (Lipinski definition) is 0. The molecule has 1 aromatic rings. The Morgan fingerprint density at radius 2 is 2.05 bits per heavy atom. The molecule has 0 aromatic heterocycles. The number of fused-ring (bicyclic) bond motifs is 1. The van der Waals surface area contributed by atoms with Crippen LogP contribution >= 0.6 is 0 Å². The third kappa shape index (κ3) is 3.23. The van der Waals surface area contributed by atoms with Crippen molar-refractivity contribution in [2.75, 3.05) is 19.7 Å².